The van der Waals surface area contributed by atoms with Gasteiger partial charge in [0.25, 0.3) is 0 Å². The average Bonchev–Trinajstić information content (AvgIpc) is 2.30. The molecule has 0 heterocycles. The van der Waals surface area contributed by atoms with Crippen molar-refractivity contribution in [3.8, 4) is 5.75 Å². The van der Waals surface area contributed by atoms with Gasteiger partial charge in [0, 0.05) is 5.46 Å². The molecule has 0 saturated heterocycles. The van der Waals surface area contributed by atoms with Gasteiger partial charge < -0.3 is 15.2 Å². The fourth-order valence-electron chi connectivity index (χ4n) is 1.75. The molecule has 3 nitrogen and oxygen atoms in total. The summed E-state index contributed by atoms with van der Waals surface area (Å²) in [6.45, 7) is 0. The second-order valence-electron chi connectivity index (χ2n) is 3.93. The number of phenolic OH excluding ortho intramolecular Hbond substituents is 1. The standard InChI is InChI=1S/C13H13BO3/c15-13-9-11(6-7-12(13)14(16)17)8-10-4-2-1-3-5-10/h1-7,9,15-17H,8H2. The van der Waals surface area contributed by atoms with E-state index in [1.807, 2.05) is 30.3 Å². The highest BCUT2D eigenvalue weighted by Crippen LogP contribution is 2.14. The van der Waals surface area contributed by atoms with Crippen molar-refractivity contribution in [1.29, 1.82) is 0 Å². The minimum absolute atomic E-state index is 0.0894. The van der Waals surface area contributed by atoms with E-state index in [1.165, 1.54) is 6.07 Å². The normalized spacial score (nSPS) is 10.2. The van der Waals surface area contributed by atoms with Gasteiger partial charge in [-0.3, -0.25) is 0 Å². The lowest BCUT2D eigenvalue weighted by atomic mass is 9.79. The van der Waals surface area contributed by atoms with Crippen molar-refractivity contribution >= 4 is 12.6 Å². The molecule has 0 aliphatic rings. The quantitative estimate of drug-likeness (QED) is 0.676. The van der Waals surface area contributed by atoms with Crippen molar-refractivity contribution in [2.75, 3.05) is 0 Å². The third-order valence-corrected chi connectivity index (χ3v) is 2.62. The van der Waals surface area contributed by atoms with E-state index in [9.17, 15) is 5.11 Å². The number of rotatable bonds is 3. The highest BCUT2D eigenvalue weighted by Gasteiger charge is 2.15. The molecule has 0 bridgehead atoms. The van der Waals surface area contributed by atoms with E-state index >= 15 is 0 Å². The molecule has 3 N–H and O–H groups in total. The molecule has 0 spiro atoms. The van der Waals surface area contributed by atoms with Gasteiger partial charge in [0.05, 0.1) is 0 Å². The summed E-state index contributed by atoms with van der Waals surface area (Å²) in [5.74, 6) is -0.0894. The number of aromatic hydroxyl groups is 1. The maximum absolute atomic E-state index is 9.62. The minimum Gasteiger partial charge on any atom is -0.508 e. The van der Waals surface area contributed by atoms with Gasteiger partial charge in [-0.2, -0.15) is 0 Å². The zero-order chi connectivity index (χ0) is 12.3. The zero-order valence-corrected chi connectivity index (χ0v) is 9.24. The minimum atomic E-state index is -1.64. The van der Waals surface area contributed by atoms with Gasteiger partial charge >= 0.3 is 7.12 Å². The molecule has 17 heavy (non-hydrogen) atoms. The van der Waals surface area contributed by atoms with Crippen molar-refractivity contribution < 1.29 is 15.2 Å². The Kier molecular flexibility index (Phi) is 3.47. The Morgan fingerprint density at radius 3 is 2.18 bits per heavy atom. The number of hydrogen-bond acceptors (Lipinski definition) is 3. The van der Waals surface area contributed by atoms with Crippen molar-refractivity contribution in [2.45, 2.75) is 6.42 Å². The largest absolute Gasteiger partial charge is 0.508 e. The molecule has 2 aromatic carbocycles. The van der Waals surface area contributed by atoms with Crippen LogP contribution in [0.5, 0.6) is 5.75 Å². The second kappa shape index (κ2) is 5.04. The molecule has 86 valence electrons. The summed E-state index contributed by atoms with van der Waals surface area (Å²) >= 11 is 0. The van der Waals surface area contributed by atoms with Crippen molar-refractivity contribution in [1.82, 2.24) is 0 Å². The number of phenols is 1. The van der Waals surface area contributed by atoms with Crippen LogP contribution in [0.25, 0.3) is 0 Å². The summed E-state index contributed by atoms with van der Waals surface area (Å²) in [5.41, 5.74) is 2.20. The first-order chi connectivity index (χ1) is 8.16. The molecule has 0 atom stereocenters. The molecule has 2 rings (SSSR count). The molecule has 0 amide bonds. The number of benzene rings is 2. The second-order valence-corrected chi connectivity index (χ2v) is 3.93. The van der Waals surface area contributed by atoms with Crippen LogP contribution >= 0.6 is 0 Å². The third kappa shape index (κ3) is 2.87. The smallest absolute Gasteiger partial charge is 0.492 e. The highest BCUT2D eigenvalue weighted by molar-refractivity contribution is 6.59. The molecule has 0 aromatic heterocycles. The van der Waals surface area contributed by atoms with E-state index in [1.54, 1.807) is 12.1 Å². The summed E-state index contributed by atoms with van der Waals surface area (Å²) in [4.78, 5) is 0. The van der Waals surface area contributed by atoms with E-state index in [4.69, 9.17) is 10.0 Å². The SMILES string of the molecule is OB(O)c1ccc(Cc2ccccc2)cc1O. The van der Waals surface area contributed by atoms with E-state index in [0.29, 0.717) is 6.42 Å². The first kappa shape index (κ1) is 11.7. The van der Waals surface area contributed by atoms with Gasteiger partial charge in [0.2, 0.25) is 0 Å². The van der Waals surface area contributed by atoms with E-state index in [2.05, 4.69) is 0 Å². The first-order valence-electron chi connectivity index (χ1n) is 5.38. The molecular weight excluding hydrogens is 215 g/mol. The third-order valence-electron chi connectivity index (χ3n) is 2.62. The van der Waals surface area contributed by atoms with E-state index < -0.39 is 7.12 Å². The Balaban J connectivity index is 2.21. The highest BCUT2D eigenvalue weighted by atomic mass is 16.4. The Morgan fingerprint density at radius 2 is 1.59 bits per heavy atom. The van der Waals surface area contributed by atoms with Crippen LogP contribution in [0.3, 0.4) is 0 Å². The molecule has 0 aliphatic heterocycles. The fraction of sp³-hybridized carbons (Fsp3) is 0.0769. The first-order valence-corrected chi connectivity index (χ1v) is 5.38. The summed E-state index contributed by atoms with van der Waals surface area (Å²) in [6, 6.07) is 14.7. The Labute approximate surface area is 100 Å². The van der Waals surface area contributed by atoms with Crippen LogP contribution in [0, 0.1) is 0 Å². The average molecular weight is 228 g/mol. The predicted octanol–water partition coefficient (Wildman–Crippen LogP) is 0.663. The molecule has 2 aromatic rings. The van der Waals surface area contributed by atoms with Gasteiger partial charge in [0.1, 0.15) is 5.75 Å². The van der Waals surface area contributed by atoms with Crippen LogP contribution in [0.1, 0.15) is 11.1 Å². The van der Waals surface area contributed by atoms with E-state index in [0.717, 1.165) is 11.1 Å². The molecule has 0 unspecified atom stereocenters. The molecule has 0 aliphatic carbocycles. The summed E-state index contributed by atoms with van der Waals surface area (Å²) < 4.78 is 0. The van der Waals surface area contributed by atoms with Gasteiger partial charge in [-0.05, 0) is 23.6 Å². The van der Waals surface area contributed by atoms with E-state index in [-0.39, 0.29) is 11.2 Å². The van der Waals surface area contributed by atoms with Gasteiger partial charge in [-0.25, -0.2) is 0 Å². The molecular formula is C13H13BO3. The maximum Gasteiger partial charge on any atom is 0.492 e. The summed E-state index contributed by atoms with van der Waals surface area (Å²) in [6.07, 6.45) is 0.705. The van der Waals surface area contributed by atoms with Crippen molar-refractivity contribution in [3.63, 3.8) is 0 Å². The monoisotopic (exact) mass is 228 g/mol. The van der Waals surface area contributed by atoms with Crippen LogP contribution in [0.4, 0.5) is 0 Å². The van der Waals surface area contributed by atoms with Crippen LogP contribution in [0.2, 0.25) is 0 Å². The Morgan fingerprint density at radius 1 is 0.882 bits per heavy atom. The van der Waals surface area contributed by atoms with Crippen LogP contribution in [-0.4, -0.2) is 22.3 Å². The van der Waals surface area contributed by atoms with Gasteiger partial charge in [-0.1, -0.05) is 42.5 Å². The Hall–Kier alpha value is -1.78. The van der Waals surface area contributed by atoms with Crippen LogP contribution in [0.15, 0.2) is 48.5 Å². The lowest BCUT2D eigenvalue weighted by Crippen LogP contribution is -2.29. The topological polar surface area (TPSA) is 60.7 Å². The lowest BCUT2D eigenvalue weighted by Gasteiger charge is -2.06. The Bertz CT molecular complexity index is 497. The molecule has 4 heteroatoms. The molecule has 0 fully saturated rings. The van der Waals surface area contributed by atoms with Crippen molar-refractivity contribution in [3.05, 3.63) is 59.7 Å². The molecule has 0 radical (unpaired) electrons. The lowest BCUT2D eigenvalue weighted by molar-refractivity contribution is 0.419. The fourth-order valence-corrected chi connectivity index (χ4v) is 1.75. The van der Waals surface area contributed by atoms with Crippen LogP contribution < -0.4 is 5.46 Å². The van der Waals surface area contributed by atoms with Gasteiger partial charge in [0.15, 0.2) is 0 Å². The summed E-state index contributed by atoms with van der Waals surface area (Å²) in [7, 11) is -1.64. The zero-order valence-electron chi connectivity index (χ0n) is 9.24. The number of hydrogen-bond donors (Lipinski definition) is 3. The van der Waals surface area contributed by atoms with Crippen LogP contribution in [-0.2, 0) is 6.42 Å². The molecule has 0 saturated carbocycles. The predicted molar refractivity (Wildman–Crippen MR) is 67.2 cm³/mol. The van der Waals surface area contributed by atoms with Crippen molar-refractivity contribution in [2.24, 2.45) is 0 Å². The maximum atomic E-state index is 9.62. The van der Waals surface area contributed by atoms with Gasteiger partial charge in [-0.15, -0.1) is 0 Å². The summed E-state index contributed by atoms with van der Waals surface area (Å²) in [5, 5.41) is 27.6.